The third-order valence-electron chi connectivity index (χ3n) is 6.92. The maximum atomic E-state index is 13.8. The van der Waals surface area contributed by atoms with Gasteiger partial charge in [0.2, 0.25) is 5.91 Å². The van der Waals surface area contributed by atoms with E-state index in [1.165, 1.54) is 12.1 Å². The molecule has 1 aromatic heterocycles. The van der Waals surface area contributed by atoms with Crippen LogP contribution in [-0.2, 0) is 30.5 Å². The fourth-order valence-electron chi connectivity index (χ4n) is 4.82. The fourth-order valence-corrected chi connectivity index (χ4v) is 5.06. The van der Waals surface area contributed by atoms with E-state index in [-0.39, 0.29) is 42.9 Å². The Morgan fingerprint density at radius 2 is 1.88 bits per heavy atom. The highest BCUT2D eigenvalue weighted by atomic mass is 32.1. The topological polar surface area (TPSA) is 86.0 Å². The molecule has 0 saturated carbocycles. The summed E-state index contributed by atoms with van der Waals surface area (Å²) in [6.07, 6.45) is 1.33. The number of rotatable bonds is 14. The van der Waals surface area contributed by atoms with Gasteiger partial charge < -0.3 is 20.1 Å². The number of alkyl halides is 3. The van der Waals surface area contributed by atoms with Gasteiger partial charge in [-0.15, -0.1) is 0 Å². The molecule has 0 aliphatic heterocycles. The average molecular weight is 613 g/mol. The van der Waals surface area contributed by atoms with E-state index in [9.17, 15) is 18.0 Å². The molecule has 0 spiro atoms. The van der Waals surface area contributed by atoms with Gasteiger partial charge in [-0.1, -0.05) is 57.5 Å². The van der Waals surface area contributed by atoms with E-state index in [1.54, 1.807) is 35.6 Å². The summed E-state index contributed by atoms with van der Waals surface area (Å²) >= 11 is 5.65. The fraction of sp³-hybridized carbons (Fsp3) is 0.438. The van der Waals surface area contributed by atoms with Crippen molar-refractivity contribution in [3.63, 3.8) is 0 Å². The number of carbonyl (C=O) groups excluding carboxylic acids is 1. The van der Waals surface area contributed by atoms with E-state index in [1.807, 2.05) is 37.5 Å². The SMILES string of the molecule is CCCCNC(=S)N(Cc1ccccc1C(F)(F)F)C[C@H](CC(C)C)NC(=O)Cc1cncn1Cc1ccc(C#N)cc1. The van der Waals surface area contributed by atoms with Crippen molar-refractivity contribution in [2.45, 2.75) is 71.8 Å². The van der Waals surface area contributed by atoms with E-state index in [4.69, 9.17) is 17.5 Å². The Labute approximate surface area is 257 Å². The number of benzene rings is 2. The van der Waals surface area contributed by atoms with Crippen LogP contribution >= 0.6 is 12.2 Å². The number of nitrogens with zero attached hydrogens (tertiary/aromatic N) is 4. The summed E-state index contributed by atoms with van der Waals surface area (Å²) in [5, 5.41) is 15.7. The van der Waals surface area contributed by atoms with E-state index < -0.39 is 11.7 Å². The number of carbonyl (C=O) groups is 1. The highest BCUT2D eigenvalue weighted by Gasteiger charge is 2.33. The Morgan fingerprint density at radius 3 is 2.53 bits per heavy atom. The molecule has 1 heterocycles. The predicted molar refractivity (Wildman–Crippen MR) is 165 cm³/mol. The lowest BCUT2D eigenvalue weighted by Crippen LogP contribution is -2.49. The summed E-state index contributed by atoms with van der Waals surface area (Å²) in [6, 6.07) is 14.5. The van der Waals surface area contributed by atoms with Gasteiger partial charge in [0.1, 0.15) is 0 Å². The van der Waals surface area contributed by atoms with Gasteiger partial charge in [0.25, 0.3) is 0 Å². The summed E-state index contributed by atoms with van der Waals surface area (Å²) in [6.45, 7) is 7.42. The number of nitriles is 1. The molecule has 7 nitrogen and oxygen atoms in total. The smallest absolute Gasteiger partial charge is 0.363 e. The standard InChI is InChI=1S/C32H39F3N6OS/c1-4-5-14-38-31(43)40(20-26-8-6-7-9-29(26)32(33,34)35)21-27(15-23(2)3)39-30(42)16-28-18-37-22-41(28)19-25-12-10-24(17-36)11-13-25/h6-13,18,22-23,27H,4-5,14-16,19-21H2,1-3H3,(H,38,43)(H,39,42)/t27-/m0/s1. The summed E-state index contributed by atoms with van der Waals surface area (Å²) in [4.78, 5) is 19.2. The highest BCUT2D eigenvalue weighted by molar-refractivity contribution is 7.80. The van der Waals surface area contributed by atoms with Crippen molar-refractivity contribution in [1.82, 2.24) is 25.1 Å². The van der Waals surface area contributed by atoms with Crippen LogP contribution in [-0.4, -0.2) is 44.6 Å². The van der Waals surface area contributed by atoms with Crippen LogP contribution in [0.15, 0.2) is 61.1 Å². The Morgan fingerprint density at radius 1 is 1.16 bits per heavy atom. The number of imidazole rings is 1. The number of thiocarbonyl (C=S) groups is 1. The molecule has 1 amide bonds. The van der Waals surface area contributed by atoms with Crippen LogP contribution in [0.2, 0.25) is 0 Å². The molecule has 0 aliphatic rings. The van der Waals surface area contributed by atoms with Crippen molar-refractivity contribution in [3.05, 3.63) is 89.0 Å². The maximum absolute atomic E-state index is 13.8. The minimum Gasteiger partial charge on any atom is -0.363 e. The van der Waals surface area contributed by atoms with Crippen LogP contribution in [0.5, 0.6) is 0 Å². The molecule has 0 unspecified atom stereocenters. The number of unbranched alkanes of at least 4 members (excludes halogenated alkanes) is 1. The second kappa shape index (κ2) is 16.1. The molecule has 0 aliphatic carbocycles. The molecule has 0 bridgehead atoms. The number of amides is 1. The number of aromatic nitrogens is 2. The van der Waals surface area contributed by atoms with Crippen LogP contribution in [0.4, 0.5) is 13.2 Å². The molecule has 2 aromatic carbocycles. The van der Waals surface area contributed by atoms with E-state index in [0.29, 0.717) is 30.2 Å². The molecule has 230 valence electrons. The van der Waals surface area contributed by atoms with Crippen LogP contribution in [0, 0.1) is 17.2 Å². The lowest BCUT2D eigenvalue weighted by atomic mass is 10.0. The first-order chi connectivity index (χ1) is 20.5. The molecular formula is C32H39F3N6OS. The third-order valence-corrected chi connectivity index (χ3v) is 7.32. The minimum atomic E-state index is -4.49. The number of hydrogen-bond acceptors (Lipinski definition) is 4. The minimum absolute atomic E-state index is 0.0462. The molecule has 11 heteroatoms. The summed E-state index contributed by atoms with van der Waals surface area (Å²) < 4.78 is 43.3. The zero-order valence-electron chi connectivity index (χ0n) is 24.8. The van der Waals surface area contributed by atoms with Crippen LogP contribution in [0.1, 0.15) is 68.0 Å². The zero-order valence-corrected chi connectivity index (χ0v) is 25.6. The van der Waals surface area contributed by atoms with Gasteiger partial charge in [-0.3, -0.25) is 4.79 Å². The van der Waals surface area contributed by atoms with Crippen LogP contribution in [0.25, 0.3) is 0 Å². The first-order valence-electron chi connectivity index (χ1n) is 14.4. The molecule has 3 aromatic rings. The van der Waals surface area contributed by atoms with Crippen LogP contribution < -0.4 is 10.6 Å². The molecule has 0 fully saturated rings. The van der Waals surface area contributed by atoms with Crippen molar-refractivity contribution in [2.75, 3.05) is 13.1 Å². The first-order valence-corrected chi connectivity index (χ1v) is 14.9. The molecule has 43 heavy (non-hydrogen) atoms. The van der Waals surface area contributed by atoms with Crippen molar-refractivity contribution in [3.8, 4) is 6.07 Å². The van der Waals surface area contributed by atoms with E-state index in [2.05, 4.69) is 21.7 Å². The Kier molecular flexibility index (Phi) is 12.6. The lowest BCUT2D eigenvalue weighted by molar-refractivity contribution is -0.138. The van der Waals surface area contributed by atoms with E-state index in [0.717, 1.165) is 30.2 Å². The van der Waals surface area contributed by atoms with Gasteiger partial charge in [-0.2, -0.15) is 18.4 Å². The Hall–Kier alpha value is -3.91. The van der Waals surface area contributed by atoms with E-state index >= 15 is 0 Å². The predicted octanol–water partition coefficient (Wildman–Crippen LogP) is 6.07. The number of nitrogens with one attached hydrogen (secondary N) is 2. The zero-order chi connectivity index (χ0) is 31.4. The van der Waals surface area contributed by atoms with Gasteiger partial charge in [-0.25, -0.2) is 4.98 Å². The Balaban J connectivity index is 1.76. The van der Waals surface area contributed by atoms with Crippen molar-refractivity contribution >= 4 is 23.2 Å². The second-order valence-electron chi connectivity index (χ2n) is 11.0. The molecule has 0 radical (unpaired) electrons. The molecule has 0 saturated heterocycles. The van der Waals surface area contributed by atoms with Crippen molar-refractivity contribution in [2.24, 2.45) is 5.92 Å². The van der Waals surface area contributed by atoms with Gasteiger partial charge in [0, 0.05) is 44.1 Å². The number of hydrogen-bond donors (Lipinski definition) is 2. The average Bonchev–Trinajstić information content (AvgIpc) is 3.38. The van der Waals surface area contributed by atoms with Crippen LogP contribution in [0.3, 0.4) is 0 Å². The number of halogens is 3. The van der Waals surface area contributed by atoms with Crippen molar-refractivity contribution in [1.29, 1.82) is 5.26 Å². The molecule has 1 atom stereocenters. The lowest BCUT2D eigenvalue weighted by Gasteiger charge is -2.32. The third kappa shape index (κ3) is 10.7. The highest BCUT2D eigenvalue weighted by Crippen LogP contribution is 2.32. The van der Waals surface area contributed by atoms with Gasteiger partial charge in [0.15, 0.2) is 5.11 Å². The normalized spacial score (nSPS) is 12.0. The molecule has 2 N–H and O–H groups in total. The largest absolute Gasteiger partial charge is 0.416 e. The summed E-state index contributed by atoms with van der Waals surface area (Å²) in [5.74, 6) is 0.00544. The molecule has 3 rings (SSSR count). The summed E-state index contributed by atoms with van der Waals surface area (Å²) in [5.41, 5.74) is 1.68. The maximum Gasteiger partial charge on any atom is 0.416 e. The van der Waals surface area contributed by atoms with Gasteiger partial charge >= 0.3 is 6.18 Å². The summed E-state index contributed by atoms with van der Waals surface area (Å²) in [7, 11) is 0. The van der Waals surface area contributed by atoms with Crippen molar-refractivity contribution < 1.29 is 18.0 Å². The Bertz CT molecular complexity index is 1380. The van der Waals surface area contributed by atoms with Gasteiger partial charge in [0.05, 0.1) is 29.9 Å². The second-order valence-corrected chi connectivity index (χ2v) is 11.4. The molecular weight excluding hydrogens is 573 g/mol. The monoisotopic (exact) mass is 612 g/mol. The quantitative estimate of drug-likeness (QED) is 0.170. The van der Waals surface area contributed by atoms with Gasteiger partial charge in [-0.05, 0) is 60.3 Å². The first kappa shape index (κ1) is 33.6.